The number of thiophene rings is 1. The molecule has 10 heteroatoms. The first-order valence-electron chi connectivity index (χ1n) is 8.95. The number of aromatic nitrogens is 1. The monoisotopic (exact) mass is 445 g/mol. The van der Waals surface area contributed by atoms with Crippen molar-refractivity contribution in [1.82, 2.24) is 13.8 Å². The van der Waals surface area contributed by atoms with Crippen molar-refractivity contribution in [3.63, 3.8) is 0 Å². The fourth-order valence-electron chi connectivity index (χ4n) is 2.75. The molecule has 7 nitrogen and oxygen atoms in total. The van der Waals surface area contributed by atoms with Crippen molar-refractivity contribution in [3.8, 4) is 0 Å². The lowest BCUT2D eigenvalue weighted by molar-refractivity contribution is -0.132. The van der Waals surface area contributed by atoms with E-state index < -0.39 is 15.6 Å². The van der Waals surface area contributed by atoms with Gasteiger partial charge in [0.2, 0.25) is 15.9 Å². The number of nitrogens with zero attached hydrogens (tertiary/aromatic N) is 3. The van der Waals surface area contributed by atoms with Crippen molar-refractivity contribution in [2.24, 2.45) is 0 Å². The topological polar surface area (TPSA) is 79.7 Å². The van der Waals surface area contributed by atoms with E-state index in [9.17, 15) is 18.0 Å². The minimum Gasteiger partial charge on any atom is -0.336 e. The van der Waals surface area contributed by atoms with E-state index >= 15 is 0 Å². The lowest BCUT2D eigenvalue weighted by Crippen LogP contribution is -2.36. The van der Waals surface area contributed by atoms with Gasteiger partial charge in [0.1, 0.15) is 6.54 Å². The van der Waals surface area contributed by atoms with Gasteiger partial charge in [0.15, 0.2) is 0 Å². The van der Waals surface area contributed by atoms with Crippen LogP contribution in [0.2, 0.25) is 4.34 Å². The molecule has 0 N–H and O–H groups in total. The highest BCUT2D eigenvalue weighted by atomic mass is 35.5. The summed E-state index contributed by atoms with van der Waals surface area (Å²) in [5.74, 6) is -0.272. The standard InChI is InChI=1S/C18H24ClN3O4S2/c1-4-20(11-14-7-9-16(19)27-14)18(24)13-21-12-15(8-10-17(21)23)28(25,26)22(5-2)6-3/h7-10,12H,4-6,11,13H2,1-3H3. The zero-order valence-corrected chi connectivity index (χ0v) is 18.5. The summed E-state index contributed by atoms with van der Waals surface area (Å²) in [7, 11) is -3.71. The minimum atomic E-state index is -3.71. The van der Waals surface area contributed by atoms with Crippen molar-refractivity contribution in [3.05, 3.63) is 50.0 Å². The lowest BCUT2D eigenvalue weighted by atomic mass is 10.3. The highest BCUT2D eigenvalue weighted by molar-refractivity contribution is 7.89. The first-order chi connectivity index (χ1) is 13.2. The third-order valence-electron chi connectivity index (χ3n) is 4.32. The maximum absolute atomic E-state index is 12.7. The van der Waals surface area contributed by atoms with E-state index in [1.165, 1.54) is 34.0 Å². The molecule has 0 spiro atoms. The normalized spacial score (nSPS) is 11.8. The molecule has 2 aromatic heterocycles. The summed E-state index contributed by atoms with van der Waals surface area (Å²) in [6.45, 7) is 6.60. The van der Waals surface area contributed by atoms with Gasteiger partial charge in [0, 0.05) is 36.8 Å². The van der Waals surface area contributed by atoms with Gasteiger partial charge in [-0.1, -0.05) is 25.4 Å². The summed E-state index contributed by atoms with van der Waals surface area (Å²) in [4.78, 5) is 27.4. The van der Waals surface area contributed by atoms with E-state index in [0.29, 0.717) is 30.5 Å². The van der Waals surface area contributed by atoms with E-state index in [2.05, 4.69) is 0 Å². The summed E-state index contributed by atoms with van der Waals surface area (Å²) >= 11 is 7.33. The molecule has 0 aliphatic carbocycles. The Hall–Kier alpha value is -1.68. The van der Waals surface area contributed by atoms with E-state index in [1.807, 2.05) is 13.0 Å². The Morgan fingerprint density at radius 2 is 1.79 bits per heavy atom. The largest absolute Gasteiger partial charge is 0.336 e. The van der Waals surface area contributed by atoms with Gasteiger partial charge in [-0.25, -0.2) is 8.42 Å². The Morgan fingerprint density at radius 1 is 1.11 bits per heavy atom. The summed E-state index contributed by atoms with van der Waals surface area (Å²) in [6, 6.07) is 6.08. The quantitative estimate of drug-likeness (QED) is 0.594. The molecule has 28 heavy (non-hydrogen) atoms. The second-order valence-corrected chi connectivity index (χ2v) is 9.77. The van der Waals surface area contributed by atoms with Crippen molar-refractivity contribution in [2.45, 2.75) is 38.8 Å². The number of amides is 1. The van der Waals surface area contributed by atoms with Crippen LogP contribution in [0.25, 0.3) is 0 Å². The van der Waals surface area contributed by atoms with E-state index in [-0.39, 0.29) is 17.3 Å². The number of halogens is 1. The number of carbonyl (C=O) groups excluding carboxylic acids is 1. The number of pyridine rings is 1. The summed E-state index contributed by atoms with van der Waals surface area (Å²) in [5, 5.41) is 0. The predicted molar refractivity (Wildman–Crippen MR) is 111 cm³/mol. The Labute approximate surface area is 174 Å². The van der Waals surface area contributed by atoms with Crippen molar-refractivity contribution < 1.29 is 13.2 Å². The Bertz CT molecular complexity index is 981. The van der Waals surface area contributed by atoms with Crippen molar-refractivity contribution in [1.29, 1.82) is 0 Å². The molecule has 0 unspecified atom stereocenters. The molecular formula is C18H24ClN3O4S2. The molecule has 1 amide bonds. The average molecular weight is 446 g/mol. The van der Waals surface area contributed by atoms with Gasteiger partial charge >= 0.3 is 0 Å². The van der Waals surface area contributed by atoms with Gasteiger partial charge in [0.25, 0.3) is 5.56 Å². The molecule has 154 valence electrons. The van der Waals surface area contributed by atoms with Gasteiger partial charge in [-0.15, -0.1) is 11.3 Å². The molecule has 0 aromatic carbocycles. The Morgan fingerprint density at radius 3 is 2.32 bits per heavy atom. The molecule has 0 aliphatic rings. The van der Waals surface area contributed by atoms with Gasteiger partial charge < -0.3 is 9.47 Å². The molecule has 0 saturated heterocycles. The van der Waals surface area contributed by atoms with Crippen molar-refractivity contribution in [2.75, 3.05) is 19.6 Å². The molecule has 0 aliphatic heterocycles. The lowest BCUT2D eigenvalue weighted by Gasteiger charge is -2.21. The van der Waals surface area contributed by atoms with Crippen molar-refractivity contribution >= 4 is 38.9 Å². The van der Waals surface area contributed by atoms with Crippen LogP contribution in [0, 0.1) is 0 Å². The summed E-state index contributed by atoms with van der Waals surface area (Å²) < 4.78 is 28.5. The molecule has 0 saturated carbocycles. The van der Waals surface area contributed by atoms with Crippen LogP contribution >= 0.6 is 22.9 Å². The fraction of sp³-hybridized carbons (Fsp3) is 0.444. The molecule has 2 rings (SSSR count). The molecule has 0 radical (unpaired) electrons. The zero-order valence-electron chi connectivity index (χ0n) is 16.1. The van der Waals surface area contributed by atoms with Gasteiger partial charge in [-0.3, -0.25) is 9.59 Å². The second kappa shape index (κ2) is 9.69. The Balaban J connectivity index is 2.25. The van der Waals surface area contributed by atoms with Crippen LogP contribution in [0.3, 0.4) is 0 Å². The Kier molecular flexibility index (Phi) is 7.82. The first kappa shape index (κ1) is 22.6. The summed E-state index contributed by atoms with van der Waals surface area (Å²) in [5.41, 5.74) is -0.429. The zero-order chi connectivity index (χ0) is 20.9. The number of hydrogen-bond donors (Lipinski definition) is 0. The van der Waals surface area contributed by atoms with Gasteiger partial charge in [-0.2, -0.15) is 4.31 Å². The number of carbonyl (C=O) groups is 1. The number of hydrogen-bond acceptors (Lipinski definition) is 5. The highest BCUT2D eigenvalue weighted by Crippen LogP contribution is 2.22. The molecule has 0 bridgehead atoms. The third-order valence-corrected chi connectivity index (χ3v) is 7.56. The highest BCUT2D eigenvalue weighted by Gasteiger charge is 2.23. The molecule has 0 fully saturated rings. The smallest absolute Gasteiger partial charge is 0.251 e. The minimum absolute atomic E-state index is 0.00307. The van der Waals surface area contributed by atoms with Crippen LogP contribution < -0.4 is 5.56 Å². The fourth-order valence-corrected chi connectivity index (χ4v) is 5.33. The van der Waals surface area contributed by atoms with Gasteiger partial charge in [0.05, 0.1) is 15.8 Å². The second-order valence-electron chi connectivity index (χ2n) is 6.03. The van der Waals surface area contributed by atoms with Crippen LogP contribution in [0.1, 0.15) is 25.6 Å². The predicted octanol–water partition coefficient (Wildman–Crippen LogP) is 2.64. The number of sulfonamides is 1. The van der Waals surface area contributed by atoms with Crippen LogP contribution in [0.4, 0.5) is 0 Å². The summed E-state index contributed by atoms with van der Waals surface area (Å²) in [6.07, 6.45) is 1.24. The molecule has 2 heterocycles. The van der Waals surface area contributed by atoms with Gasteiger partial charge in [-0.05, 0) is 25.1 Å². The van der Waals surface area contributed by atoms with Crippen LogP contribution in [-0.2, 0) is 27.9 Å². The number of likely N-dealkylation sites (N-methyl/N-ethyl adjacent to an activating group) is 1. The third kappa shape index (κ3) is 5.22. The average Bonchev–Trinajstić information content (AvgIpc) is 3.07. The maximum Gasteiger partial charge on any atom is 0.251 e. The van der Waals surface area contributed by atoms with Crippen LogP contribution in [0.15, 0.2) is 40.2 Å². The molecular weight excluding hydrogens is 422 g/mol. The maximum atomic E-state index is 12.7. The first-order valence-corrected chi connectivity index (χ1v) is 11.6. The number of rotatable bonds is 9. The van der Waals surface area contributed by atoms with E-state index in [1.54, 1.807) is 24.8 Å². The van der Waals surface area contributed by atoms with E-state index in [0.717, 1.165) is 9.44 Å². The SMILES string of the molecule is CCN(Cc1ccc(Cl)s1)C(=O)Cn1cc(S(=O)(=O)N(CC)CC)ccc1=O. The van der Waals surface area contributed by atoms with Crippen LogP contribution in [0.5, 0.6) is 0 Å². The molecule has 2 aromatic rings. The van der Waals surface area contributed by atoms with Crippen LogP contribution in [-0.4, -0.2) is 47.7 Å². The molecule has 0 atom stereocenters. The van der Waals surface area contributed by atoms with E-state index in [4.69, 9.17) is 11.6 Å².